The van der Waals surface area contributed by atoms with Crippen LogP contribution < -0.4 is 10.2 Å². The molecule has 2 N–H and O–H groups in total. The first-order valence-corrected chi connectivity index (χ1v) is 11.1. The predicted molar refractivity (Wildman–Crippen MR) is 129 cm³/mol. The Labute approximate surface area is 202 Å². The number of pyridine rings is 1. The van der Waals surface area contributed by atoms with Crippen LogP contribution in [0, 0.1) is 4.77 Å². The highest BCUT2D eigenvalue weighted by Crippen LogP contribution is 2.29. The zero-order valence-electron chi connectivity index (χ0n) is 16.0. The summed E-state index contributed by atoms with van der Waals surface area (Å²) in [5, 5.41) is 8.27. The molecule has 4 rings (SSSR count). The van der Waals surface area contributed by atoms with E-state index in [-0.39, 0.29) is 6.61 Å². The van der Waals surface area contributed by atoms with E-state index in [0.29, 0.717) is 32.9 Å². The van der Waals surface area contributed by atoms with Gasteiger partial charge in [-0.25, -0.2) is 9.77 Å². The number of nitrogens with zero attached hydrogens (tertiary/aromatic N) is 3. The normalized spacial score (nSPS) is 10.8. The number of H-pyrrole nitrogens is 1. The third kappa shape index (κ3) is 5.10. The molecule has 0 aliphatic rings. The van der Waals surface area contributed by atoms with Gasteiger partial charge in [-0.3, -0.25) is 4.98 Å². The second-order valence-corrected chi connectivity index (χ2v) is 8.62. The lowest BCUT2D eigenvalue weighted by Crippen LogP contribution is -2.16. The second-order valence-electron chi connectivity index (χ2n) is 6.50. The van der Waals surface area contributed by atoms with Crippen molar-refractivity contribution >= 4 is 51.3 Å². The number of benzene rings is 2. The van der Waals surface area contributed by atoms with Gasteiger partial charge in [-0.1, -0.05) is 45.2 Å². The van der Waals surface area contributed by atoms with Gasteiger partial charge in [0.15, 0.2) is 5.82 Å². The fraction of sp³-hybridized carbons (Fsp3) is 0.0952. The van der Waals surface area contributed by atoms with Crippen molar-refractivity contribution in [2.24, 2.45) is 0 Å². The molecule has 0 aliphatic carbocycles. The zero-order valence-corrected chi connectivity index (χ0v) is 19.9. The molecule has 0 radical (unpaired) electrons. The summed E-state index contributed by atoms with van der Waals surface area (Å²) in [5.74, 6) is 1.36. The summed E-state index contributed by atoms with van der Waals surface area (Å²) < 4.78 is 9.16. The van der Waals surface area contributed by atoms with Crippen LogP contribution in [0.25, 0.3) is 11.4 Å². The van der Waals surface area contributed by atoms with Crippen LogP contribution in [0.15, 0.2) is 65.4 Å². The van der Waals surface area contributed by atoms with E-state index in [1.807, 2.05) is 30.3 Å². The van der Waals surface area contributed by atoms with Gasteiger partial charge in [-0.2, -0.15) is 5.10 Å². The number of aromatic nitrogens is 4. The van der Waals surface area contributed by atoms with E-state index in [0.717, 1.165) is 21.2 Å². The van der Waals surface area contributed by atoms with Crippen LogP contribution in [-0.2, 0) is 13.2 Å². The first kappa shape index (κ1) is 21.8. The molecule has 2 aromatic carbocycles. The van der Waals surface area contributed by atoms with Gasteiger partial charge in [-0.15, -0.1) is 0 Å². The highest BCUT2D eigenvalue weighted by atomic mass is 79.9. The molecule has 0 spiro atoms. The minimum Gasteiger partial charge on any atom is -0.488 e. The van der Waals surface area contributed by atoms with Crippen molar-refractivity contribution in [3.05, 3.63) is 91.3 Å². The van der Waals surface area contributed by atoms with Gasteiger partial charge in [-0.05, 0) is 54.7 Å². The highest BCUT2D eigenvalue weighted by molar-refractivity contribution is 9.10. The van der Waals surface area contributed by atoms with E-state index in [9.17, 15) is 0 Å². The average molecular weight is 537 g/mol. The van der Waals surface area contributed by atoms with Gasteiger partial charge in [0, 0.05) is 43.6 Å². The van der Waals surface area contributed by atoms with Crippen LogP contribution in [-0.4, -0.2) is 19.9 Å². The van der Waals surface area contributed by atoms with Crippen molar-refractivity contribution < 1.29 is 4.74 Å². The summed E-state index contributed by atoms with van der Waals surface area (Å²) in [4.78, 5) is 4.05. The number of hydrogen-bond donors (Lipinski definition) is 2. The molecule has 0 unspecified atom stereocenters. The lowest BCUT2D eigenvalue weighted by Gasteiger charge is -2.15. The number of hydrogen-bond acceptors (Lipinski definition) is 5. The largest absolute Gasteiger partial charge is 0.488 e. The highest BCUT2D eigenvalue weighted by Gasteiger charge is 2.12. The Kier molecular flexibility index (Phi) is 6.92. The Morgan fingerprint density at radius 1 is 1.10 bits per heavy atom. The molecule has 0 aliphatic heterocycles. The van der Waals surface area contributed by atoms with Crippen LogP contribution in [0.5, 0.6) is 5.75 Å². The molecule has 10 heteroatoms. The fourth-order valence-corrected chi connectivity index (χ4v) is 4.06. The summed E-state index contributed by atoms with van der Waals surface area (Å²) in [6, 6.07) is 14.9. The molecule has 2 heterocycles. The summed E-state index contributed by atoms with van der Waals surface area (Å²) in [5.41, 5.74) is 5.85. The van der Waals surface area contributed by atoms with Gasteiger partial charge < -0.3 is 10.2 Å². The second kappa shape index (κ2) is 9.82. The van der Waals surface area contributed by atoms with Gasteiger partial charge in [0.1, 0.15) is 12.4 Å². The summed E-state index contributed by atoms with van der Waals surface area (Å²) in [6.07, 6.45) is 3.41. The molecule has 0 atom stereocenters. The predicted octanol–water partition coefficient (Wildman–Crippen LogP) is 6.39. The van der Waals surface area contributed by atoms with Crippen LogP contribution >= 0.6 is 51.3 Å². The molecular formula is C21H16BrCl2N5OS. The summed E-state index contributed by atoms with van der Waals surface area (Å²) >= 11 is 21.4. The molecule has 2 aromatic heterocycles. The van der Waals surface area contributed by atoms with Gasteiger partial charge >= 0.3 is 0 Å². The Bertz CT molecular complexity index is 1240. The SMILES string of the molecule is S=c1[nH]nc(-c2ccncc2)n1NCc1cc(Br)ccc1OCc1c(Cl)cccc1Cl. The smallest absolute Gasteiger partial charge is 0.214 e. The molecule has 0 saturated heterocycles. The minimum absolute atomic E-state index is 0.251. The Morgan fingerprint density at radius 3 is 2.58 bits per heavy atom. The van der Waals surface area contributed by atoms with Crippen molar-refractivity contribution in [2.45, 2.75) is 13.2 Å². The lowest BCUT2D eigenvalue weighted by molar-refractivity contribution is 0.303. The van der Waals surface area contributed by atoms with E-state index < -0.39 is 0 Å². The quantitative estimate of drug-likeness (QED) is 0.268. The maximum Gasteiger partial charge on any atom is 0.214 e. The first-order chi connectivity index (χ1) is 15.0. The maximum atomic E-state index is 6.27. The Balaban J connectivity index is 1.56. The molecule has 0 saturated carbocycles. The van der Waals surface area contributed by atoms with Crippen LogP contribution in [0.2, 0.25) is 10.0 Å². The van der Waals surface area contributed by atoms with Gasteiger partial charge in [0.25, 0.3) is 0 Å². The van der Waals surface area contributed by atoms with E-state index in [1.54, 1.807) is 35.3 Å². The van der Waals surface area contributed by atoms with E-state index >= 15 is 0 Å². The molecular weight excluding hydrogens is 521 g/mol. The summed E-state index contributed by atoms with van der Waals surface area (Å²) in [6.45, 7) is 0.692. The van der Waals surface area contributed by atoms with Crippen molar-refractivity contribution in [2.75, 3.05) is 5.43 Å². The molecule has 6 nitrogen and oxygen atoms in total. The molecule has 31 heavy (non-hydrogen) atoms. The molecule has 0 amide bonds. The number of halogens is 3. The molecule has 4 aromatic rings. The maximum absolute atomic E-state index is 6.27. The number of nitrogens with one attached hydrogen (secondary N) is 2. The molecule has 0 fully saturated rings. The van der Waals surface area contributed by atoms with Gasteiger partial charge in [0.05, 0.1) is 6.54 Å². The number of aromatic amines is 1. The number of ether oxygens (including phenoxy) is 1. The van der Waals surface area contributed by atoms with Crippen molar-refractivity contribution in [3.63, 3.8) is 0 Å². The molecule has 0 bridgehead atoms. The third-order valence-electron chi connectivity index (χ3n) is 4.49. The van der Waals surface area contributed by atoms with Crippen molar-refractivity contribution in [3.8, 4) is 17.1 Å². The Morgan fingerprint density at radius 2 is 1.84 bits per heavy atom. The fourth-order valence-electron chi connectivity index (χ4n) is 2.95. The van der Waals surface area contributed by atoms with Crippen LogP contribution in [0.4, 0.5) is 0 Å². The zero-order chi connectivity index (χ0) is 21.8. The minimum atomic E-state index is 0.251. The van der Waals surface area contributed by atoms with E-state index in [4.69, 9.17) is 40.2 Å². The van der Waals surface area contributed by atoms with Crippen LogP contribution in [0.3, 0.4) is 0 Å². The Hall–Kier alpha value is -2.39. The standard InChI is InChI=1S/C21H16BrCl2N5OS/c22-15-4-5-19(30-12-16-17(23)2-1-3-18(16)24)14(10-15)11-26-29-20(27-28-21(29)31)13-6-8-25-9-7-13/h1-10,26H,11-12H2,(H,28,31). The topological polar surface area (TPSA) is 67.8 Å². The van der Waals surface area contributed by atoms with Gasteiger partial charge in [0.2, 0.25) is 4.77 Å². The monoisotopic (exact) mass is 535 g/mol. The van der Waals surface area contributed by atoms with Crippen LogP contribution in [0.1, 0.15) is 11.1 Å². The van der Waals surface area contributed by atoms with Crippen molar-refractivity contribution in [1.82, 2.24) is 19.9 Å². The first-order valence-electron chi connectivity index (χ1n) is 9.19. The van der Waals surface area contributed by atoms with Crippen molar-refractivity contribution in [1.29, 1.82) is 0 Å². The van der Waals surface area contributed by atoms with E-state index in [2.05, 4.69) is 36.5 Å². The average Bonchev–Trinajstić information content (AvgIpc) is 3.14. The third-order valence-corrected chi connectivity index (χ3v) is 5.97. The summed E-state index contributed by atoms with van der Waals surface area (Å²) in [7, 11) is 0. The lowest BCUT2D eigenvalue weighted by atomic mass is 10.2. The van der Waals surface area contributed by atoms with E-state index in [1.165, 1.54) is 0 Å². The molecule has 158 valence electrons. The number of rotatable bonds is 7.